The van der Waals surface area contributed by atoms with Crippen molar-refractivity contribution in [1.82, 2.24) is 25.1 Å². The van der Waals surface area contributed by atoms with Crippen LogP contribution in [-0.4, -0.2) is 41.5 Å². The van der Waals surface area contributed by atoms with Crippen LogP contribution in [0.3, 0.4) is 0 Å². The Labute approximate surface area is 157 Å². The van der Waals surface area contributed by atoms with Crippen molar-refractivity contribution in [2.45, 2.75) is 12.6 Å². The highest BCUT2D eigenvalue weighted by Crippen LogP contribution is 2.29. The second-order valence-corrected chi connectivity index (χ2v) is 7.03. The van der Waals surface area contributed by atoms with Crippen molar-refractivity contribution in [3.8, 4) is 5.75 Å². The Morgan fingerprint density at radius 1 is 1.33 bits per heavy atom. The van der Waals surface area contributed by atoms with Crippen molar-refractivity contribution < 1.29 is 9.13 Å². The number of aromatic nitrogens is 2. The van der Waals surface area contributed by atoms with Gasteiger partial charge in [-0.15, -0.1) is 0 Å². The molecule has 142 valence electrons. The second-order valence-electron chi connectivity index (χ2n) is 7.03. The number of methoxy groups -OCH3 is 1. The van der Waals surface area contributed by atoms with Gasteiger partial charge in [-0.3, -0.25) is 5.43 Å². The molecule has 1 aliphatic rings. The summed E-state index contributed by atoms with van der Waals surface area (Å²) in [5.41, 5.74) is 9.15. The second kappa shape index (κ2) is 7.64. The van der Waals surface area contributed by atoms with Gasteiger partial charge in [0.15, 0.2) is 0 Å². The Morgan fingerprint density at radius 3 is 3.04 bits per heavy atom. The summed E-state index contributed by atoms with van der Waals surface area (Å²) in [6.07, 6.45) is 3.94. The summed E-state index contributed by atoms with van der Waals surface area (Å²) >= 11 is 0. The van der Waals surface area contributed by atoms with E-state index in [-0.39, 0.29) is 17.8 Å². The minimum atomic E-state index is -0.245. The van der Waals surface area contributed by atoms with E-state index in [4.69, 9.17) is 4.74 Å². The number of hydrazine groups is 1. The van der Waals surface area contributed by atoms with E-state index in [1.54, 1.807) is 19.2 Å². The Bertz CT molecular complexity index is 928. The highest BCUT2D eigenvalue weighted by molar-refractivity contribution is 5.39. The molecule has 0 bridgehead atoms. The maximum Gasteiger partial charge on any atom is 0.136 e. The topological polar surface area (TPSA) is 53.8 Å². The molecule has 3 heterocycles. The molecule has 2 unspecified atom stereocenters. The van der Waals surface area contributed by atoms with Crippen LogP contribution in [0, 0.1) is 11.7 Å². The molecule has 2 aromatic heterocycles. The molecular weight excluding hydrogens is 345 g/mol. The van der Waals surface area contributed by atoms with Gasteiger partial charge in [-0.05, 0) is 25.2 Å². The van der Waals surface area contributed by atoms with Gasteiger partial charge < -0.3 is 14.0 Å². The highest BCUT2D eigenvalue weighted by Gasteiger charge is 2.31. The van der Waals surface area contributed by atoms with E-state index in [9.17, 15) is 4.39 Å². The average Bonchev–Trinajstić information content (AvgIpc) is 3.29. The van der Waals surface area contributed by atoms with Crippen LogP contribution in [0.1, 0.15) is 17.3 Å². The number of benzene rings is 1. The number of nitrogens with zero attached hydrogens (tertiary/aromatic N) is 3. The molecule has 1 aromatic carbocycles. The van der Waals surface area contributed by atoms with Crippen molar-refractivity contribution in [2.24, 2.45) is 5.92 Å². The molecule has 3 aromatic rings. The lowest BCUT2D eigenvalue weighted by molar-refractivity contribution is 0.257. The minimum Gasteiger partial charge on any atom is -0.497 e. The first-order valence-corrected chi connectivity index (χ1v) is 9.07. The van der Waals surface area contributed by atoms with E-state index < -0.39 is 0 Å². The average molecular weight is 369 g/mol. The number of hydrogen-bond donors (Lipinski definition) is 2. The number of ether oxygens (including phenoxy) is 1. The van der Waals surface area contributed by atoms with Crippen LogP contribution in [0.25, 0.3) is 5.65 Å². The predicted molar refractivity (Wildman–Crippen MR) is 102 cm³/mol. The third-order valence-corrected chi connectivity index (χ3v) is 5.11. The fourth-order valence-electron chi connectivity index (χ4n) is 3.77. The molecule has 1 fully saturated rings. The SMILES string of the molecule is COc1ccc(C2NNCC2CN(C)Cc2cnc3ccccn23)c(F)c1. The molecule has 7 heteroatoms. The number of pyridine rings is 1. The van der Waals surface area contributed by atoms with E-state index in [1.807, 2.05) is 30.6 Å². The Morgan fingerprint density at radius 2 is 2.22 bits per heavy atom. The first-order chi connectivity index (χ1) is 13.2. The molecule has 1 saturated heterocycles. The van der Waals surface area contributed by atoms with Crippen LogP contribution in [0.2, 0.25) is 0 Å². The van der Waals surface area contributed by atoms with Crippen molar-refractivity contribution in [3.63, 3.8) is 0 Å². The van der Waals surface area contributed by atoms with Crippen molar-refractivity contribution in [2.75, 3.05) is 27.2 Å². The summed E-state index contributed by atoms with van der Waals surface area (Å²) in [6, 6.07) is 10.9. The largest absolute Gasteiger partial charge is 0.497 e. The van der Waals surface area contributed by atoms with E-state index in [0.29, 0.717) is 11.3 Å². The van der Waals surface area contributed by atoms with Gasteiger partial charge in [0.1, 0.15) is 17.2 Å². The van der Waals surface area contributed by atoms with Crippen LogP contribution in [0.5, 0.6) is 5.75 Å². The molecule has 1 aliphatic heterocycles. The maximum atomic E-state index is 14.5. The number of rotatable bonds is 6. The van der Waals surface area contributed by atoms with Crippen LogP contribution in [0.15, 0.2) is 48.8 Å². The summed E-state index contributed by atoms with van der Waals surface area (Å²) in [5.74, 6) is 0.533. The van der Waals surface area contributed by atoms with Gasteiger partial charge in [0.2, 0.25) is 0 Å². The van der Waals surface area contributed by atoms with Crippen molar-refractivity contribution in [1.29, 1.82) is 0 Å². The predicted octanol–water partition coefficient (Wildman–Crippen LogP) is 2.38. The Hall–Kier alpha value is -2.48. The van der Waals surface area contributed by atoms with Crippen LogP contribution < -0.4 is 15.6 Å². The van der Waals surface area contributed by atoms with Gasteiger partial charge in [0.05, 0.1) is 25.0 Å². The lowest BCUT2D eigenvalue weighted by Gasteiger charge is -2.25. The summed E-state index contributed by atoms with van der Waals surface area (Å²) < 4.78 is 21.7. The van der Waals surface area contributed by atoms with Crippen LogP contribution in [-0.2, 0) is 6.54 Å². The number of fused-ring (bicyclic) bond motifs is 1. The highest BCUT2D eigenvalue weighted by atomic mass is 19.1. The van der Waals surface area contributed by atoms with E-state index in [2.05, 4.69) is 32.2 Å². The lowest BCUT2D eigenvalue weighted by atomic mass is 9.94. The van der Waals surface area contributed by atoms with E-state index in [0.717, 1.165) is 31.0 Å². The molecule has 0 amide bonds. The maximum absolute atomic E-state index is 14.5. The van der Waals surface area contributed by atoms with Crippen LogP contribution >= 0.6 is 0 Å². The zero-order valence-electron chi connectivity index (χ0n) is 15.5. The fraction of sp³-hybridized carbons (Fsp3) is 0.350. The fourth-order valence-corrected chi connectivity index (χ4v) is 3.77. The quantitative estimate of drug-likeness (QED) is 0.699. The van der Waals surface area contributed by atoms with Gasteiger partial charge in [0, 0.05) is 43.4 Å². The van der Waals surface area contributed by atoms with E-state index >= 15 is 0 Å². The molecule has 4 rings (SSSR count). The van der Waals surface area contributed by atoms with Gasteiger partial charge in [-0.25, -0.2) is 14.8 Å². The first-order valence-electron chi connectivity index (χ1n) is 9.07. The summed E-state index contributed by atoms with van der Waals surface area (Å²) in [4.78, 5) is 6.70. The van der Waals surface area contributed by atoms with Gasteiger partial charge in [-0.1, -0.05) is 12.1 Å². The molecule has 0 spiro atoms. The lowest BCUT2D eigenvalue weighted by Crippen LogP contribution is -2.31. The third-order valence-electron chi connectivity index (χ3n) is 5.11. The molecule has 2 atom stereocenters. The van der Waals surface area contributed by atoms with Crippen molar-refractivity contribution in [3.05, 3.63) is 65.9 Å². The smallest absolute Gasteiger partial charge is 0.136 e. The molecule has 0 radical (unpaired) electrons. The first kappa shape index (κ1) is 17.9. The van der Waals surface area contributed by atoms with E-state index in [1.165, 1.54) is 6.07 Å². The molecular formula is C20H24FN5O. The Balaban J connectivity index is 1.46. The number of nitrogens with one attached hydrogen (secondary N) is 2. The number of hydrogen-bond acceptors (Lipinski definition) is 5. The third kappa shape index (κ3) is 3.66. The summed E-state index contributed by atoms with van der Waals surface area (Å²) in [7, 11) is 3.63. The van der Waals surface area contributed by atoms with Crippen molar-refractivity contribution >= 4 is 5.65 Å². The zero-order valence-corrected chi connectivity index (χ0v) is 15.5. The standard InChI is InChI=1S/C20H24FN5O/c1-25(13-15-11-22-19-5-3-4-8-26(15)19)12-14-10-23-24-20(14)17-7-6-16(27-2)9-18(17)21/h3-9,11,14,20,23-24H,10,12-13H2,1-2H3. The molecule has 27 heavy (non-hydrogen) atoms. The summed E-state index contributed by atoms with van der Waals surface area (Å²) in [5, 5.41) is 0. The molecule has 0 aliphatic carbocycles. The Kier molecular flexibility index (Phi) is 5.07. The monoisotopic (exact) mass is 369 g/mol. The van der Waals surface area contributed by atoms with Gasteiger partial charge in [-0.2, -0.15) is 0 Å². The molecule has 0 saturated carbocycles. The minimum absolute atomic E-state index is 0.0828. The zero-order chi connectivity index (χ0) is 18.8. The summed E-state index contributed by atoms with van der Waals surface area (Å²) in [6.45, 7) is 2.39. The molecule has 2 N–H and O–H groups in total. The number of halogens is 1. The van der Waals surface area contributed by atoms with Gasteiger partial charge >= 0.3 is 0 Å². The number of imidazole rings is 1. The normalized spacial score (nSPS) is 19.9. The van der Waals surface area contributed by atoms with Crippen LogP contribution in [0.4, 0.5) is 4.39 Å². The van der Waals surface area contributed by atoms with Gasteiger partial charge in [0.25, 0.3) is 0 Å². The molecule has 6 nitrogen and oxygen atoms in total.